The lowest BCUT2D eigenvalue weighted by atomic mass is 10.2. The van der Waals surface area contributed by atoms with Gasteiger partial charge in [0.1, 0.15) is 18.5 Å². The number of rotatable bonds is 9. The van der Waals surface area contributed by atoms with Crippen molar-refractivity contribution in [1.82, 2.24) is 15.1 Å². The first kappa shape index (κ1) is 24.0. The second kappa shape index (κ2) is 12.4. The quantitative estimate of drug-likeness (QED) is 0.633. The largest absolute Gasteiger partial charge is 0.491 e. The number of nitrogens with zero attached hydrogens (tertiary/aromatic N) is 2. The summed E-state index contributed by atoms with van der Waals surface area (Å²) in [7, 11) is 0. The summed E-state index contributed by atoms with van der Waals surface area (Å²) in [5, 5.41) is 13.4. The van der Waals surface area contributed by atoms with Crippen LogP contribution in [0.4, 0.5) is 0 Å². The van der Waals surface area contributed by atoms with E-state index in [9.17, 15) is 9.90 Å². The van der Waals surface area contributed by atoms with Gasteiger partial charge in [0.2, 0.25) is 5.91 Å². The fraction of sp³-hybridized carbons (Fsp3) is 0.632. The molecule has 0 radical (unpaired) electrons. The van der Waals surface area contributed by atoms with Crippen molar-refractivity contribution >= 4 is 30.7 Å². The number of amides is 1. The molecule has 1 saturated heterocycles. The second-order valence-electron chi connectivity index (χ2n) is 7.03. The highest BCUT2D eigenvalue weighted by molar-refractivity contribution is 5.85. The van der Waals surface area contributed by atoms with Crippen molar-refractivity contribution in [3.63, 3.8) is 0 Å². The number of aliphatic hydroxyl groups is 1. The summed E-state index contributed by atoms with van der Waals surface area (Å²) in [6.07, 6.45) is 2.08. The standard InChI is InChI=1S/C19H29N3O3.2ClH/c23-17(15-25-18-4-2-1-3-5-18)14-21-8-10-22(11-9-21)19(24)13-20-12-16-6-7-16;;/h1-5,16-17,20,23H,6-15H2;2*1H. The molecule has 2 aliphatic rings. The van der Waals surface area contributed by atoms with Crippen LogP contribution in [-0.2, 0) is 4.79 Å². The Hall–Kier alpha value is -1.05. The van der Waals surface area contributed by atoms with Gasteiger partial charge in [-0.1, -0.05) is 18.2 Å². The zero-order valence-electron chi connectivity index (χ0n) is 15.6. The van der Waals surface area contributed by atoms with Gasteiger partial charge in [-0.15, -0.1) is 24.8 Å². The molecule has 6 nitrogen and oxygen atoms in total. The normalized spacial score (nSPS) is 18.2. The summed E-state index contributed by atoms with van der Waals surface area (Å²) in [5.74, 6) is 1.76. The minimum absolute atomic E-state index is 0. The number of benzene rings is 1. The first-order chi connectivity index (χ1) is 12.2. The molecule has 1 aliphatic carbocycles. The maximum Gasteiger partial charge on any atom is 0.236 e. The smallest absolute Gasteiger partial charge is 0.236 e. The molecule has 0 aromatic heterocycles. The molecular formula is C19H31Cl2N3O3. The average molecular weight is 420 g/mol. The molecule has 1 heterocycles. The van der Waals surface area contributed by atoms with E-state index in [1.54, 1.807) is 0 Å². The van der Waals surface area contributed by atoms with Gasteiger partial charge in [0, 0.05) is 32.7 Å². The highest BCUT2D eigenvalue weighted by atomic mass is 35.5. The van der Waals surface area contributed by atoms with Gasteiger partial charge >= 0.3 is 0 Å². The van der Waals surface area contributed by atoms with Crippen molar-refractivity contribution in [2.75, 3.05) is 52.4 Å². The van der Waals surface area contributed by atoms with Crippen molar-refractivity contribution in [2.24, 2.45) is 5.92 Å². The van der Waals surface area contributed by atoms with Crippen molar-refractivity contribution in [2.45, 2.75) is 18.9 Å². The zero-order valence-corrected chi connectivity index (χ0v) is 17.2. The molecule has 1 amide bonds. The first-order valence-corrected chi connectivity index (χ1v) is 9.27. The third-order valence-electron chi connectivity index (χ3n) is 4.79. The van der Waals surface area contributed by atoms with Crippen molar-refractivity contribution in [3.05, 3.63) is 30.3 Å². The van der Waals surface area contributed by atoms with Crippen LogP contribution in [0.1, 0.15) is 12.8 Å². The van der Waals surface area contributed by atoms with Crippen LogP contribution >= 0.6 is 24.8 Å². The molecule has 0 spiro atoms. The van der Waals surface area contributed by atoms with E-state index in [0.29, 0.717) is 13.1 Å². The molecular weight excluding hydrogens is 389 g/mol. The number of para-hydroxylation sites is 1. The number of aliphatic hydroxyl groups excluding tert-OH is 1. The zero-order chi connectivity index (χ0) is 17.5. The molecule has 3 rings (SSSR count). The third-order valence-corrected chi connectivity index (χ3v) is 4.79. The highest BCUT2D eigenvalue weighted by Gasteiger charge is 2.24. The molecule has 1 unspecified atom stereocenters. The van der Waals surface area contributed by atoms with Crippen molar-refractivity contribution in [3.8, 4) is 5.75 Å². The Kier molecular flexibility index (Phi) is 11.0. The van der Waals surface area contributed by atoms with Crippen LogP contribution in [0.2, 0.25) is 0 Å². The summed E-state index contributed by atoms with van der Waals surface area (Å²) >= 11 is 0. The van der Waals surface area contributed by atoms with Gasteiger partial charge in [-0.05, 0) is 37.4 Å². The summed E-state index contributed by atoms with van der Waals surface area (Å²) in [6, 6.07) is 9.53. The lowest BCUT2D eigenvalue weighted by molar-refractivity contribution is -0.132. The van der Waals surface area contributed by atoms with Crippen LogP contribution < -0.4 is 10.1 Å². The Morgan fingerprint density at radius 3 is 2.44 bits per heavy atom. The first-order valence-electron chi connectivity index (χ1n) is 9.27. The van der Waals surface area contributed by atoms with Crippen LogP contribution in [0.15, 0.2) is 30.3 Å². The summed E-state index contributed by atoms with van der Waals surface area (Å²) in [5.41, 5.74) is 0. The van der Waals surface area contributed by atoms with Gasteiger partial charge in [0.15, 0.2) is 0 Å². The number of halogens is 2. The Balaban J connectivity index is 0.00000182. The van der Waals surface area contributed by atoms with Gasteiger partial charge < -0.3 is 20.1 Å². The minimum Gasteiger partial charge on any atom is -0.491 e. The molecule has 2 fully saturated rings. The topological polar surface area (TPSA) is 65.0 Å². The van der Waals surface area contributed by atoms with Gasteiger partial charge in [-0.3, -0.25) is 9.69 Å². The van der Waals surface area contributed by atoms with E-state index in [2.05, 4.69) is 10.2 Å². The predicted octanol–water partition coefficient (Wildman–Crippen LogP) is 1.41. The number of carbonyl (C=O) groups is 1. The fourth-order valence-electron chi connectivity index (χ4n) is 3.06. The highest BCUT2D eigenvalue weighted by Crippen LogP contribution is 2.27. The number of nitrogens with one attached hydrogen (secondary N) is 1. The number of β-amino-alcohol motifs (C(OH)–C–C–N with tert-alkyl or cyclic N) is 1. The Bertz CT molecular complexity index is 538. The van der Waals surface area contributed by atoms with Gasteiger partial charge in [-0.2, -0.15) is 0 Å². The molecule has 1 saturated carbocycles. The number of carbonyl (C=O) groups excluding carboxylic acids is 1. The number of piperazine rings is 1. The van der Waals surface area contributed by atoms with E-state index in [-0.39, 0.29) is 37.3 Å². The number of ether oxygens (including phenoxy) is 1. The van der Waals surface area contributed by atoms with Crippen LogP contribution in [0.5, 0.6) is 5.75 Å². The average Bonchev–Trinajstić information content (AvgIpc) is 3.46. The molecule has 0 bridgehead atoms. The van der Waals surface area contributed by atoms with E-state index in [4.69, 9.17) is 4.74 Å². The van der Waals surface area contributed by atoms with E-state index < -0.39 is 6.10 Å². The molecule has 2 N–H and O–H groups in total. The molecule has 1 atom stereocenters. The molecule has 1 aromatic carbocycles. The maximum atomic E-state index is 12.2. The summed E-state index contributed by atoms with van der Waals surface area (Å²) in [4.78, 5) is 16.3. The molecule has 27 heavy (non-hydrogen) atoms. The van der Waals surface area contributed by atoms with Crippen molar-refractivity contribution < 1.29 is 14.6 Å². The van der Waals surface area contributed by atoms with Gasteiger partial charge in [0.25, 0.3) is 0 Å². The molecule has 8 heteroatoms. The molecule has 1 aromatic rings. The lowest BCUT2D eigenvalue weighted by Crippen LogP contribution is -2.52. The Labute approximate surface area is 174 Å². The van der Waals surface area contributed by atoms with Crippen LogP contribution in [0.3, 0.4) is 0 Å². The molecule has 154 valence electrons. The van der Waals surface area contributed by atoms with E-state index >= 15 is 0 Å². The third kappa shape index (κ3) is 8.66. The SMILES string of the molecule is Cl.Cl.O=C(CNCC1CC1)N1CCN(CC(O)COc2ccccc2)CC1. The summed E-state index contributed by atoms with van der Waals surface area (Å²) < 4.78 is 5.59. The minimum atomic E-state index is -0.525. The van der Waals surface area contributed by atoms with E-state index in [1.807, 2.05) is 35.2 Å². The second-order valence-corrected chi connectivity index (χ2v) is 7.03. The summed E-state index contributed by atoms with van der Waals surface area (Å²) in [6.45, 7) is 5.35. The lowest BCUT2D eigenvalue weighted by Gasteiger charge is -2.35. The Morgan fingerprint density at radius 2 is 1.81 bits per heavy atom. The van der Waals surface area contributed by atoms with E-state index in [1.165, 1.54) is 12.8 Å². The number of hydrogen-bond donors (Lipinski definition) is 2. The number of hydrogen-bond acceptors (Lipinski definition) is 5. The fourth-order valence-corrected chi connectivity index (χ4v) is 3.06. The van der Waals surface area contributed by atoms with Crippen LogP contribution in [0, 0.1) is 5.92 Å². The Morgan fingerprint density at radius 1 is 1.15 bits per heavy atom. The maximum absolute atomic E-state index is 12.2. The van der Waals surface area contributed by atoms with Gasteiger partial charge in [-0.25, -0.2) is 0 Å². The van der Waals surface area contributed by atoms with Crippen LogP contribution in [0.25, 0.3) is 0 Å². The molecule has 1 aliphatic heterocycles. The van der Waals surface area contributed by atoms with E-state index in [0.717, 1.165) is 44.4 Å². The monoisotopic (exact) mass is 419 g/mol. The van der Waals surface area contributed by atoms with Crippen molar-refractivity contribution in [1.29, 1.82) is 0 Å². The van der Waals surface area contributed by atoms with Gasteiger partial charge in [0.05, 0.1) is 6.54 Å². The predicted molar refractivity (Wildman–Crippen MR) is 111 cm³/mol. The van der Waals surface area contributed by atoms with Crippen LogP contribution in [-0.4, -0.2) is 79.3 Å².